The van der Waals surface area contributed by atoms with E-state index in [1.807, 2.05) is 45.3 Å². The fraction of sp³-hybridized carbons (Fsp3) is 0. The molecular weight excluding hydrogens is 877 g/mol. The molecule has 0 fully saturated rings. The summed E-state index contributed by atoms with van der Waals surface area (Å²) in [6, 6.07) is 71.0. The second-order valence-electron chi connectivity index (χ2n) is 17.0. The van der Waals surface area contributed by atoms with Gasteiger partial charge < -0.3 is 11.5 Å². The maximum atomic E-state index is 7.44. The molecule has 14 aromatic rings. The number of hydrogen-bond acceptors (Lipinski definition) is 6. The molecule has 6 heteroatoms. The van der Waals surface area contributed by atoms with Crippen molar-refractivity contribution < 1.29 is 0 Å². The molecule has 0 atom stereocenters. The highest BCUT2D eigenvalue weighted by molar-refractivity contribution is 7.27. The predicted molar refractivity (Wildman–Crippen MR) is 294 cm³/mol. The minimum Gasteiger partial charge on any atom is -0.398 e. The molecule has 0 aliphatic rings. The van der Waals surface area contributed by atoms with Gasteiger partial charge in [-0.15, -0.1) is 45.3 Å². The third-order valence-corrected chi connectivity index (χ3v) is 18.3. The summed E-state index contributed by atoms with van der Waals surface area (Å²) in [4.78, 5) is 0. The topological polar surface area (TPSA) is 52.0 Å². The van der Waals surface area contributed by atoms with Crippen LogP contribution in [0.1, 0.15) is 0 Å². The van der Waals surface area contributed by atoms with E-state index in [1.165, 1.54) is 91.8 Å². The van der Waals surface area contributed by atoms with Crippen molar-refractivity contribution in [3.8, 4) is 55.6 Å². The fourth-order valence-corrected chi connectivity index (χ4v) is 15.5. The normalized spacial score (nSPS) is 12.1. The maximum Gasteiger partial charge on any atom is 0.0434 e. The monoisotopic (exact) mass is 912 g/mol. The summed E-state index contributed by atoms with van der Waals surface area (Å²) in [6.07, 6.45) is 0. The lowest BCUT2D eigenvalue weighted by atomic mass is 9.81. The van der Waals surface area contributed by atoms with Crippen LogP contribution >= 0.6 is 45.3 Å². The quantitative estimate of drug-likeness (QED) is 0.169. The van der Waals surface area contributed by atoms with Crippen LogP contribution in [-0.2, 0) is 0 Å². The highest BCUT2D eigenvalue weighted by Gasteiger charge is 2.28. The highest BCUT2D eigenvalue weighted by Crippen LogP contribution is 2.56. The smallest absolute Gasteiger partial charge is 0.0434 e. The van der Waals surface area contributed by atoms with E-state index in [0.29, 0.717) is 0 Å². The Morgan fingerprint density at radius 2 is 0.470 bits per heavy atom. The van der Waals surface area contributed by atoms with Crippen LogP contribution in [0.4, 0.5) is 11.4 Å². The molecule has 14 rings (SSSR count). The summed E-state index contributed by atoms with van der Waals surface area (Å²) < 4.78 is 10.0. The highest BCUT2D eigenvalue weighted by atomic mass is 32.1. The number of nitrogen functional groups attached to an aromatic ring is 2. The third-order valence-electron chi connectivity index (χ3n) is 13.5. The van der Waals surface area contributed by atoms with E-state index in [9.17, 15) is 0 Å². The summed E-state index contributed by atoms with van der Waals surface area (Å²) >= 11 is 7.41. The zero-order valence-corrected chi connectivity index (χ0v) is 38.5. The van der Waals surface area contributed by atoms with Crippen LogP contribution < -0.4 is 11.5 Å². The van der Waals surface area contributed by atoms with E-state index in [1.54, 1.807) is 0 Å². The second-order valence-corrected chi connectivity index (χ2v) is 21.2. The Balaban J connectivity index is 1.17. The number of anilines is 2. The molecule has 66 heavy (non-hydrogen) atoms. The molecule has 0 spiro atoms. The molecular formula is C60H36N2S4. The standard InChI is InChI=1S/C60H36N2S4/c61-47-31-29-37(53(43-21-9-17-39-33-13-1-5-25-49(33)63-57(39)43)55(47)45-23-11-19-41-35-15-3-7-27-51(35)65-59(41)45)38-30-32-48(62)56(46-24-12-20-42-36-16-4-8-28-52(36)66-60(42)46)54(38)44-22-10-18-40-34-14-2-6-26-50(34)64-58(40)44/h1-32H,61-62H2. The Bertz CT molecular complexity index is 4050. The zero-order chi connectivity index (χ0) is 43.6. The Morgan fingerprint density at radius 3 is 0.773 bits per heavy atom. The van der Waals surface area contributed by atoms with Crippen LogP contribution in [0.25, 0.3) is 136 Å². The molecule has 10 aromatic carbocycles. The molecule has 2 nitrogen and oxygen atoms in total. The number of rotatable bonds is 5. The van der Waals surface area contributed by atoms with E-state index < -0.39 is 0 Å². The molecule has 0 saturated heterocycles. The average Bonchev–Trinajstić information content (AvgIpc) is 4.14. The number of fused-ring (bicyclic) bond motifs is 12. The van der Waals surface area contributed by atoms with Gasteiger partial charge in [0.2, 0.25) is 0 Å². The van der Waals surface area contributed by atoms with Gasteiger partial charge in [-0.3, -0.25) is 0 Å². The molecule has 4 aromatic heterocycles. The predicted octanol–water partition coefficient (Wildman–Crippen LogP) is 18.7. The SMILES string of the molecule is Nc1ccc(-c2ccc(N)c(-c3cccc4c3sc3ccccc34)c2-c2cccc3c2sc2ccccc23)c(-c2cccc3c2sc2ccccc23)c1-c1cccc2c1sc1ccccc12. The van der Waals surface area contributed by atoms with Gasteiger partial charge in [0.05, 0.1) is 0 Å². The van der Waals surface area contributed by atoms with E-state index in [-0.39, 0.29) is 0 Å². The summed E-state index contributed by atoms with van der Waals surface area (Å²) in [7, 11) is 0. The van der Waals surface area contributed by atoms with Crippen molar-refractivity contribution in [2.75, 3.05) is 11.5 Å². The molecule has 0 amide bonds. The first-order valence-corrected chi connectivity index (χ1v) is 25.3. The van der Waals surface area contributed by atoms with Crippen molar-refractivity contribution in [3.63, 3.8) is 0 Å². The van der Waals surface area contributed by atoms with Crippen LogP contribution in [0.5, 0.6) is 0 Å². The van der Waals surface area contributed by atoms with E-state index in [4.69, 9.17) is 11.5 Å². The number of hydrogen-bond donors (Lipinski definition) is 2. The van der Waals surface area contributed by atoms with E-state index in [2.05, 4.69) is 194 Å². The summed E-state index contributed by atoms with van der Waals surface area (Å²) in [6.45, 7) is 0. The van der Waals surface area contributed by atoms with Gasteiger partial charge in [0.15, 0.2) is 0 Å². The Morgan fingerprint density at radius 1 is 0.212 bits per heavy atom. The first-order chi connectivity index (χ1) is 32.6. The minimum atomic E-state index is 0.746. The van der Waals surface area contributed by atoms with Crippen LogP contribution in [0.3, 0.4) is 0 Å². The fourth-order valence-electron chi connectivity index (χ4n) is 10.6. The van der Waals surface area contributed by atoms with Gasteiger partial charge in [-0.05, 0) is 47.5 Å². The Hall–Kier alpha value is -7.32. The molecule has 0 aliphatic heterocycles. The van der Waals surface area contributed by atoms with Crippen molar-refractivity contribution in [2.24, 2.45) is 0 Å². The van der Waals surface area contributed by atoms with E-state index in [0.717, 1.165) is 55.9 Å². The number of benzene rings is 10. The third kappa shape index (κ3) is 5.50. The van der Waals surface area contributed by atoms with Crippen LogP contribution in [0.15, 0.2) is 194 Å². The Labute approximate surface area is 395 Å². The first-order valence-electron chi connectivity index (χ1n) is 22.1. The van der Waals surface area contributed by atoms with Crippen LogP contribution in [0.2, 0.25) is 0 Å². The molecule has 0 bridgehead atoms. The van der Waals surface area contributed by atoms with Crippen LogP contribution in [0, 0.1) is 0 Å². The average molecular weight is 913 g/mol. The summed E-state index contributed by atoms with van der Waals surface area (Å²) in [5.74, 6) is 0. The van der Waals surface area contributed by atoms with Gasteiger partial charge in [-0.2, -0.15) is 0 Å². The minimum absolute atomic E-state index is 0.746. The lowest BCUT2D eigenvalue weighted by Crippen LogP contribution is -2.00. The van der Waals surface area contributed by atoms with E-state index >= 15 is 0 Å². The van der Waals surface area contributed by atoms with Gasteiger partial charge in [0.1, 0.15) is 0 Å². The Kier molecular flexibility index (Phi) is 8.40. The number of nitrogens with two attached hydrogens (primary N) is 2. The van der Waals surface area contributed by atoms with Crippen molar-refractivity contribution in [1.29, 1.82) is 0 Å². The zero-order valence-electron chi connectivity index (χ0n) is 35.3. The van der Waals surface area contributed by atoms with Crippen molar-refractivity contribution in [3.05, 3.63) is 194 Å². The van der Waals surface area contributed by atoms with Crippen molar-refractivity contribution in [1.82, 2.24) is 0 Å². The van der Waals surface area contributed by atoms with Gasteiger partial charge in [0.25, 0.3) is 0 Å². The molecule has 0 unspecified atom stereocenters. The molecule has 4 N–H and O–H groups in total. The maximum absolute atomic E-state index is 7.44. The summed E-state index contributed by atoms with van der Waals surface area (Å²) in [5, 5.41) is 10.0. The lowest BCUT2D eigenvalue weighted by Gasteiger charge is -2.24. The second kappa shape index (κ2) is 14.6. The first kappa shape index (κ1) is 38.0. The van der Waals surface area contributed by atoms with Gasteiger partial charge in [-0.25, -0.2) is 0 Å². The lowest BCUT2D eigenvalue weighted by molar-refractivity contribution is 1.57. The number of thiophene rings is 4. The molecule has 4 heterocycles. The largest absolute Gasteiger partial charge is 0.398 e. The molecule has 0 radical (unpaired) electrons. The van der Waals surface area contributed by atoms with Gasteiger partial charge in [-0.1, -0.05) is 158 Å². The molecule has 0 aliphatic carbocycles. The molecule has 310 valence electrons. The van der Waals surface area contributed by atoms with Gasteiger partial charge >= 0.3 is 0 Å². The van der Waals surface area contributed by atoms with Gasteiger partial charge in [0, 0.05) is 137 Å². The van der Waals surface area contributed by atoms with Crippen molar-refractivity contribution in [2.45, 2.75) is 0 Å². The van der Waals surface area contributed by atoms with Crippen LogP contribution in [-0.4, -0.2) is 0 Å². The molecule has 0 saturated carbocycles. The van der Waals surface area contributed by atoms with Crippen molar-refractivity contribution >= 4 is 137 Å². The summed E-state index contributed by atoms with van der Waals surface area (Å²) in [5.41, 5.74) is 27.6.